The lowest BCUT2D eigenvalue weighted by Crippen LogP contribution is -2.41. The molecular formula is C12H26N2O2. The Kier molecular flexibility index (Phi) is 7.76. The van der Waals surface area contributed by atoms with Crippen LogP contribution in [0, 0.1) is 5.92 Å². The van der Waals surface area contributed by atoms with Gasteiger partial charge in [-0.2, -0.15) is 0 Å². The molecule has 0 aliphatic carbocycles. The molecule has 96 valence electrons. The number of piperidine rings is 1. The number of methoxy groups -OCH3 is 1. The first-order valence-corrected chi connectivity index (χ1v) is 6.36. The second kappa shape index (κ2) is 8.93. The molecule has 1 heterocycles. The summed E-state index contributed by atoms with van der Waals surface area (Å²) in [7, 11) is 1.74. The molecule has 1 rings (SSSR count). The van der Waals surface area contributed by atoms with E-state index in [0.29, 0.717) is 0 Å². The molecular weight excluding hydrogens is 204 g/mol. The molecule has 1 N–H and O–H groups in total. The lowest BCUT2D eigenvalue weighted by atomic mass is 9.98. The monoisotopic (exact) mass is 230 g/mol. The lowest BCUT2D eigenvalue weighted by Gasteiger charge is -2.32. The topological polar surface area (TPSA) is 33.7 Å². The van der Waals surface area contributed by atoms with Gasteiger partial charge in [0.2, 0.25) is 0 Å². The predicted octanol–water partition coefficient (Wildman–Crippen LogP) is 0.928. The Balaban J connectivity index is 2.07. The molecule has 4 heteroatoms. The van der Waals surface area contributed by atoms with Crippen molar-refractivity contribution in [3.8, 4) is 0 Å². The van der Waals surface area contributed by atoms with Crippen LogP contribution < -0.4 is 5.32 Å². The normalized spacial score (nSPS) is 22.5. The summed E-state index contributed by atoms with van der Waals surface area (Å²) in [6.45, 7) is 8.88. The summed E-state index contributed by atoms with van der Waals surface area (Å²) in [5.74, 6) is 0.770. The van der Waals surface area contributed by atoms with Crippen molar-refractivity contribution in [3.05, 3.63) is 0 Å². The number of likely N-dealkylation sites (tertiary alicyclic amines) is 1. The van der Waals surface area contributed by atoms with E-state index < -0.39 is 0 Å². The first-order valence-electron chi connectivity index (χ1n) is 6.36. The fourth-order valence-electron chi connectivity index (χ4n) is 2.14. The van der Waals surface area contributed by atoms with Gasteiger partial charge in [0.25, 0.3) is 0 Å². The van der Waals surface area contributed by atoms with Crippen LogP contribution in [0.15, 0.2) is 0 Å². The Hall–Kier alpha value is -0.160. The Morgan fingerprint density at radius 1 is 1.44 bits per heavy atom. The minimum absolute atomic E-state index is 0.770. The van der Waals surface area contributed by atoms with Crippen molar-refractivity contribution < 1.29 is 9.47 Å². The Morgan fingerprint density at radius 3 is 3.06 bits per heavy atom. The van der Waals surface area contributed by atoms with Gasteiger partial charge in [-0.1, -0.05) is 0 Å². The number of ether oxygens (including phenoxy) is 2. The molecule has 0 aromatic heterocycles. The zero-order chi connectivity index (χ0) is 11.6. The number of hydrogen-bond donors (Lipinski definition) is 1. The van der Waals surface area contributed by atoms with Crippen LogP contribution in [0.25, 0.3) is 0 Å². The molecule has 16 heavy (non-hydrogen) atoms. The minimum Gasteiger partial charge on any atom is -0.383 e. The van der Waals surface area contributed by atoms with Gasteiger partial charge in [-0.05, 0) is 32.2 Å². The van der Waals surface area contributed by atoms with E-state index in [-0.39, 0.29) is 0 Å². The van der Waals surface area contributed by atoms with Crippen LogP contribution >= 0.6 is 0 Å². The van der Waals surface area contributed by atoms with Gasteiger partial charge >= 0.3 is 0 Å². The van der Waals surface area contributed by atoms with E-state index in [0.717, 1.165) is 39.0 Å². The highest BCUT2D eigenvalue weighted by molar-refractivity contribution is 4.73. The van der Waals surface area contributed by atoms with Crippen molar-refractivity contribution in [3.63, 3.8) is 0 Å². The molecule has 4 nitrogen and oxygen atoms in total. The summed E-state index contributed by atoms with van der Waals surface area (Å²) >= 11 is 0. The maximum atomic E-state index is 5.45. The van der Waals surface area contributed by atoms with Crippen molar-refractivity contribution in [1.82, 2.24) is 10.2 Å². The molecule has 0 bridgehead atoms. The van der Waals surface area contributed by atoms with Gasteiger partial charge in [0.1, 0.15) is 0 Å². The molecule has 1 aliphatic heterocycles. The summed E-state index contributed by atoms with van der Waals surface area (Å²) in [6, 6.07) is 0. The van der Waals surface area contributed by atoms with E-state index in [1.165, 1.54) is 25.9 Å². The number of hydrogen-bond acceptors (Lipinski definition) is 4. The highest BCUT2D eigenvalue weighted by Crippen LogP contribution is 2.15. The van der Waals surface area contributed by atoms with E-state index in [2.05, 4.69) is 10.2 Å². The smallest absolute Gasteiger partial charge is 0.0990 e. The van der Waals surface area contributed by atoms with Gasteiger partial charge in [0.05, 0.1) is 13.3 Å². The number of nitrogens with one attached hydrogen (secondary N) is 1. The molecule has 0 radical (unpaired) electrons. The Morgan fingerprint density at radius 2 is 2.31 bits per heavy atom. The van der Waals surface area contributed by atoms with Gasteiger partial charge in [-0.25, -0.2) is 0 Å². The second-order valence-electron chi connectivity index (χ2n) is 4.40. The molecule has 1 fully saturated rings. The third kappa shape index (κ3) is 5.80. The third-order valence-electron chi connectivity index (χ3n) is 3.00. The zero-order valence-corrected chi connectivity index (χ0v) is 10.7. The van der Waals surface area contributed by atoms with Crippen molar-refractivity contribution in [2.75, 3.05) is 53.2 Å². The molecule has 1 aliphatic rings. The largest absolute Gasteiger partial charge is 0.383 e. The fraction of sp³-hybridized carbons (Fsp3) is 1.00. The third-order valence-corrected chi connectivity index (χ3v) is 3.00. The summed E-state index contributed by atoms with van der Waals surface area (Å²) in [5, 5.41) is 3.44. The average Bonchev–Trinajstić information content (AvgIpc) is 2.33. The van der Waals surface area contributed by atoms with Crippen molar-refractivity contribution in [2.24, 2.45) is 5.92 Å². The van der Waals surface area contributed by atoms with Gasteiger partial charge in [-0.3, -0.25) is 4.90 Å². The maximum Gasteiger partial charge on any atom is 0.0990 e. The van der Waals surface area contributed by atoms with Crippen molar-refractivity contribution in [2.45, 2.75) is 19.8 Å². The molecule has 0 aromatic rings. The van der Waals surface area contributed by atoms with Crippen molar-refractivity contribution >= 4 is 0 Å². The van der Waals surface area contributed by atoms with Gasteiger partial charge < -0.3 is 14.8 Å². The number of nitrogens with zero attached hydrogens (tertiary/aromatic N) is 1. The summed E-state index contributed by atoms with van der Waals surface area (Å²) in [5.41, 5.74) is 0. The molecule has 0 aromatic carbocycles. The number of rotatable bonds is 8. The van der Waals surface area contributed by atoms with Crippen LogP contribution in [-0.2, 0) is 9.47 Å². The zero-order valence-electron chi connectivity index (χ0n) is 10.7. The lowest BCUT2D eigenvalue weighted by molar-refractivity contribution is 0.0121. The van der Waals surface area contributed by atoms with Crippen LogP contribution in [0.2, 0.25) is 0 Å². The first kappa shape index (κ1) is 13.9. The summed E-state index contributed by atoms with van der Waals surface area (Å²) < 4.78 is 10.5. The van der Waals surface area contributed by atoms with Crippen LogP contribution in [-0.4, -0.2) is 58.1 Å². The Labute approximate surface area is 99.3 Å². The molecule has 0 amide bonds. The SMILES string of the molecule is CCOCN1CCCC(CNCCOC)C1. The fourth-order valence-corrected chi connectivity index (χ4v) is 2.14. The average molecular weight is 230 g/mol. The van der Waals surface area contributed by atoms with Crippen LogP contribution in [0.5, 0.6) is 0 Å². The summed E-state index contributed by atoms with van der Waals surface area (Å²) in [4.78, 5) is 2.41. The van der Waals surface area contributed by atoms with Crippen molar-refractivity contribution in [1.29, 1.82) is 0 Å². The van der Waals surface area contributed by atoms with Crippen LogP contribution in [0.3, 0.4) is 0 Å². The standard InChI is InChI=1S/C12H26N2O2/c1-3-16-11-14-7-4-5-12(10-14)9-13-6-8-15-2/h12-13H,3-11H2,1-2H3. The van der Waals surface area contributed by atoms with E-state index in [9.17, 15) is 0 Å². The molecule has 0 saturated carbocycles. The molecule has 1 unspecified atom stereocenters. The highest BCUT2D eigenvalue weighted by atomic mass is 16.5. The predicted molar refractivity (Wildman–Crippen MR) is 65.5 cm³/mol. The molecule has 1 saturated heterocycles. The maximum absolute atomic E-state index is 5.45. The Bertz CT molecular complexity index is 167. The van der Waals surface area contributed by atoms with Gasteiger partial charge in [0, 0.05) is 33.4 Å². The van der Waals surface area contributed by atoms with E-state index in [1.807, 2.05) is 6.92 Å². The second-order valence-corrected chi connectivity index (χ2v) is 4.40. The van der Waals surface area contributed by atoms with E-state index in [4.69, 9.17) is 9.47 Å². The first-order chi connectivity index (χ1) is 7.86. The summed E-state index contributed by atoms with van der Waals surface area (Å²) in [6.07, 6.45) is 2.63. The van der Waals surface area contributed by atoms with Gasteiger partial charge in [0.15, 0.2) is 0 Å². The quantitative estimate of drug-likeness (QED) is 0.629. The van der Waals surface area contributed by atoms with Gasteiger partial charge in [-0.15, -0.1) is 0 Å². The van der Waals surface area contributed by atoms with E-state index >= 15 is 0 Å². The van der Waals surface area contributed by atoms with Crippen LogP contribution in [0.4, 0.5) is 0 Å². The highest BCUT2D eigenvalue weighted by Gasteiger charge is 2.18. The van der Waals surface area contributed by atoms with Crippen LogP contribution in [0.1, 0.15) is 19.8 Å². The molecule has 1 atom stereocenters. The van der Waals surface area contributed by atoms with E-state index in [1.54, 1.807) is 7.11 Å². The molecule has 0 spiro atoms. The minimum atomic E-state index is 0.770.